The highest BCUT2D eigenvalue weighted by Crippen LogP contribution is 2.15. The van der Waals surface area contributed by atoms with Gasteiger partial charge >= 0.3 is 12.1 Å². The molecule has 3 heterocycles. The Morgan fingerprint density at radius 3 is 2.47 bits per heavy atom. The summed E-state index contributed by atoms with van der Waals surface area (Å²) < 4.78 is 42.9. The number of alkyl halides is 3. The molecule has 1 aromatic heterocycles. The summed E-state index contributed by atoms with van der Waals surface area (Å²) in [4.78, 5) is 29.4. The SMILES string of the molecule is O=C(COCC1CCCCO1)N1CCN(c2cccnc2)CC1.O=C(O)C(F)(F)F. The second-order valence-corrected chi connectivity index (χ2v) is 6.89. The number of nitrogens with zero attached hydrogens (tertiary/aromatic N) is 3. The van der Waals surface area contributed by atoms with Gasteiger partial charge in [0.25, 0.3) is 0 Å². The summed E-state index contributed by atoms with van der Waals surface area (Å²) in [6, 6.07) is 3.99. The molecule has 0 radical (unpaired) electrons. The van der Waals surface area contributed by atoms with Gasteiger partial charge in [0.05, 0.1) is 24.6 Å². The molecule has 11 heteroatoms. The number of carboxylic acid groups (broad SMARTS) is 1. The summed E-state index contributed by atoms with van der Waals surface area (Å²) in [6.07, 6.45) is 2.09. The monoisotopic (exact) mass is 433 g/mol. The molecule has 30 heavy (non-hydrogen) atoms. The van der Waals surface area contributed by atoms with Crippen molar-refractivity contribution in [3.05, 3.63) is 24.5 Å². The van der Waals surface area contributed by atoms with Crippen molar-refractivity contribution in [2.45, 2.75) is 31.5 Å². The number of halogens is 3. The molecule has 2 saturated heterocycles. The molecule has 2 aliphatic rings. The second kappa shape index (κ2) is 11.7. The Morgan fingerprint density at radius 1 is 1.23 bits per heavy atom. The summed E-state index contributed by atoms with van der Waals surface area (Å²) in [7, 11) is 0. The minimum Gasteiger partial charge on any atom is -0.475 e. The molecule has 2 fully saturated rings. The van der Waals surface area contributed by atoms with Gasteiger partial charge < -0.3 is 24.4 Å². The van der Waals surface area contributed by atoms with Gasteiger partial charge in [-0.05, 0) is 31.4 Å². The number of piperazine rings is 1. The first kappa shape index (κ1) is 23.9. The normalized spacial score (nSPS) is 19.6. The zero-order valence-corrected chi connectivity index (χ0v) is 16.5. The van der Waals surface area contributed by atoms with Gasteiger partial charge in [-0.15, -0.1) is 0 Å². The van der Waals surface area contributed by atoms with Crippen LogP contribution in [0.4, 0.5) is 18.9 Å². The van der Waals surface area contributed by atoms with E-state index in [1.807, 2.05) is 17.2 Å². The molecule has 1 aromatic rings. The predicted octanol–water partition coefficient (Wildman–Crippen LogP) is 1.95. The van der Waals surface area contributed by atoms with E-state index in [1.54, 1.807) is 6.20 Å². The number of aromatic nitrogens is 1. The van der Waals surface area contributed by atoms with E-state index in [0.29, 0.717) is 6.61 Å². The lowest BCUT2D eigenvalue weighted by molar-refractivity contribution is -0.192. The van der Waals surface area contributed by atoms with E-state index in [0.717, 1.165) is 51.3 Å². The summed E-state index contributed by atoms with van der Waals surface area (Å²) in [5.74, 6) is -2.68. The summed E-state index contributed by atoms with van der Waals surface area (Å²) in [5, 5.41) is 7.12. The first-order valence-corrected chi connectivity index (χ1v) is 9.69. The number of pyridine rings is 1. The van der Waals surface area contributed by atoms with Gasteiger partial charge in [0.15, 0.2) is 0 Å². The second-order valence-electron chi connectivity index (χ2n) is 6.89. The Bertz CT molecular complexity index is 661. The molecular formula is C19H26F3N3O5. The van der Waals surface area contributed by atoms with E-state index in [2.05, 4.69) is 16.0 Å². The van der Waals surface area contributed by atoms with E-state index < -0.39 is 12.1 Å². The molecule has 168 valence electrons. The minimum absolute atomic E-state index is 0.0756. The number of carboxylic acids is 1. The van der Waals surface area contributed by atoms with E-state index in [1.165, 1.54) is 6.42 Å². The van der Waals surface area contributed by atoms with E-state index >= 15 is 0 Å². The maximum Gasteiger partial charge on any atom is 0.490 e. The largest absolute Gasteiger partial charge is 0.490 e. The Morgan fingerprint density at radius 2 is 1.93 bits per heavy atom. The van der Waals surface area contributed by atoms with Crippen LogP contribution in [0.15, 0.2) is 24.5 Å². The smallest absolute Gasteiger partial charge is 0.475 e. The molecule has 2 aliphatic heterocycles. The number of carbonyl (C=O) groups excluding carboxylic acids is 1. The zero-order chi connectivity index (χ0) is 22.0. The van der Waals surface area contributed by atoms with Crippen LogP contribution in [-0.4, -0.2) is 85.1 Å². The molecule has 3 rings (SSSR count). The number of anilines is 1. The maximum atomic E-state index is 12.2. The zero-order valence-electron chi connectivity index (χ0n) is 16.5. The molecule has 1 atom stereocenters. The van der Waals surface area contributed by atoms with Crippen molar-refractivity contribution in [2.24, 2.45) is 0 Å². The Balaban J connectivity index is 0.000000396. The topological polar surface area (TPSA) is 92.2 Å². The maximum absolute atomic E-state index is 12.2. The molecule has 0 spiro atoms. The van der Waals surface area contributed by atoms with Gasteiger partial charge in [0.2, 0.25) is 5.91 Å². The first-order valence-electron chi connectivity index (χ1n) is 9.69. The molecule has 1 unspecified atom stereocenters. The lowest BCUT2D eigenvalue weighted by Crippen LogP contribution is -2.50. The quantitative estimate of drug-likeness (QED) is 0.759. The fourth-order valence-corrected chi connectivity index (χ4v) is 3.06. The van der Waals surface area contributed by atoms with E-state index in [-0.39, 0.29) is 18.6 Å². The van der Waals surface area contributed by atoms with Gasteiger partial charge in [0, 0.05) is 39.0 Å². The van der Waals surface area contributed by atoms with E-state index in [4.69, 9.17) is 19.4 Å². The lowest BCUT2D eigenvalue weighted by Gasteiger charge is -2.36. The highest BCUT2D eigenvalue weighted by Gasteiger charge is 2.38. The Kier molecular flexibility index (Phi) is 9.31. The van der Waals surface area contributed by atoms with Crippen LogP contribution in [0.3, 0.4) is 0 Å². The van der Waals surface area contributed by atoms with Crippen LogP contribution in [-0.2, 0) is 19.1 Å². The lowest BCUT2D eigenvalue weighted by atomic mass is 10.1. The molecule has 0 saturated carbocycles. The number of amides is 1. The van der Waals surface area contributed by atoms with Crippen molar-refractivity contribution in [2.75, 3.05) is 50.9 Å². The highest BCUT2D eigenvalue weighted by molar-refractivity contribution is 5.77. The van der Waals surface area contributed by atoms with Crippen molar-refractivity contribution in [3.63, 3.8) is 0 Å². The molecule has 1 N–H and O–H groups in total. The van der Waals surface area contributed by atoms with Gasteiger partial charge in [0.1, 0.15) is 6.61 Å². The Labute approximate surface area is 172 Å². The molecule has 1 amide bonds. The number of hydrogen-bond donors (Lipinski definition) is 1. The fraction of sp³-hybridized carbons (Fsp3) is 0.632. The molecular weight excluding hydrogens is 407 g/mol. The van der Waals surface area contributed by atoms with Crippen molar-refractivity contribution in [1.82, 2.24) is 9.88 Å². The molecule has 8 nitrogen and oxygen atoms in total. The highest BCUT2D eigenvalue weighted by atomic mass is 19.4. The molecule has 0 bridgehead atoms. The number of carbonyl (C=O) groups is 2. The predicted molar refractivity (Wildman–Crippen MR) is 101 cm³/mol. The van der Waals surface area contributed by atoms with Crippen LogP contribution in [0, 0.1) is 0 Å². The summed E-state index contributed by atoms with van der Waals surface area (Å²) >= 11 is 0. The van der Waals surface area contributed by atoms with Crippen LogP contribution in [0.1, 0.15) is 19.3 Å². The number of ether oxygens (including phenoxy) is 2. The van der Waals surface area contributed by atoms with Crippen LogP contribution < -0.4 is 4.90 Å². The third kappa shape index (κ3) is 8.15. The van der Waals surface area contributed by atoms with Crippen LogP contribution in [0.2, 0.25) is 0 Å². The standard InChI is InChI=1S/C17H25N3O3.C2HF3O2/c21-17(14-22-13-16-5-1-2-11-23-16)20-9-7-19(8-10-20)15-4-3-6-18-12-15;3-2(4,5)1(6)7/h3-4,6,12,16H,1-2,5,7-11,13-14H2;(H,6,7). The van der Waals surface area contributed by atoms with Gasteiger partial charge in [-0.2, -0.15) is 13.2 Å². The van der Waals surface area contributed by atoms with Crippen LogP contribution >= 0.6 is 0 Å². The first-order chi connectivity index (χ1) is 14.3. The number of aliphatic carboxylic acids is 1. The fourth-order valence-electron chi connectivity index (χ4n) is 3.06. The van der Waals surface area contributed by atoms with Gasteiger partial charge in [-0.3, -0.25) is 9.78 Å². The average molecular weight is 433 g/mol. The van der Waals surface area contributed by atoms with Crippen molar-refractivity contribution in [1.29, 1.82) is 0 Å². The van der Waals surface area contributed by atoms with Gasteiger partial charge in [-0.25, -0.2) is 4.79 Å². The number of hydrogen-bond acceptors (Lipinski definition) is 6. The van der Waals surface area contributed by atoms with Crippen molar-refractivity contribution in [3.8, 4) is 0 Å². The van der Waals surface area contributed by atoms with Crippen molar-refractivity contribution >= 4 is 17.6 Å². The third-order valence-corrected chi connectivity index (χ3v) is 4.69. The summed E-state index contributed by atoms with van der Waals surface area (Å²) in [6.45, 7) is 4.65. The minimum atomic E-state index is -5.08. The van der Waals surface area contributed by atoms with Crippen LogP contribution in [0.5, 0.6) is 0 Å². The van der Waals surface area contributed by atoms with E-state index in [9.17, 15) is 18.0 Å². The molecule has 0 aromatic carbocycles. The molecule has 0 aliphatic carbocycles. The van der Waals surface area contributed by atoms with Crippen molar-refractivity contribution < 1.29 is 37.3 Å². The van der Waals surface area contributed by atoms with Crippen LogP contribution in [0.25, 0.3) is 0 Å². The third-order valence-electron chi connectivity index (χ3n) is 4.69. The Hall–Kier alpha value is -2.40. The average Bonchev–Trinajstić information content (AvgIpc) is 2.75. The van der Waals surface area contributed by atoms with Gasteiger partial charge in [-0.1, -0.05) is 0 Å². The number of rotatable bonds is 5. The summed E-state index contributed by atoms with van der Waals surface area (Å²) in [5.41, 5.74) is 1.12.